The van der Waals surface area contributed by atoms with E-state index in [9.17, 15) is 9.59 Å². The summed E-state index contributed by atoms with van der Waals surface area (Å²) in [4.78, 5) is 33.2. The van der Waals surface area contributed by atoms with Gasteiger partial charge in [0, 0.05) is 58.1 Å². The molecule has 0 bridgehead atoms. The van der Waals surface area contributed by atoms with Crippen LogP contribution in [0.4, 0.5) is 4.79 Å². The molecule has 1 aromatic heterocycles. The summed E-state index contributed by atoms with van der Waals surface area (Å²) < 4.78 is 0. The van der Waals surface area contributed by atoms with E-state index in [2.05, 4.69) is 27.8 Å². The smallest absolute Gasteiger partial charge is 0.317 e. The van der Waals surface area contributed by atoms with Crippen molar-refractivity contribution in [1.29, 1.82) is 0 Å². The van der Waals surface area contributed by atoms with Gasteiger partial charge in [-0.05, 0) is 29.2 Å². The van der Waals surface area contributed by atoms with E-state index in [0.29, 0.717) is 32.6 Å². The number of hydrogen-bond donors (Lipinski definition) is 2. The molecule has 152 valence electrons. The van der Waals surface area contributed by atoms with E-state index in [0.717, 1.165) is 25.1 Å². The Bertz CT molecular complexity index is 857. The number of rotatable bonds is 4. The van der Waals surface area contributed by atoms with Gasteiger partial charge in [0.05, 0.1) is 6.04 Å². The van der Waals surface area contributed by atoms with Crippen LogP contribution in [0.25, 0.3) is 0 Å². The Hall–Kier alpha value is -2.93. The van der Waals surface area contributed by atoms with Gasteiger partial charge in [-0.2, -0.15) is 0 Å². The SMILES string of the molecule is O=C(NCCC(=O)N1CCNCC1c1cccnc1)N1CCc2ccccc2C1. The van der Waals surface area contributed by atoms with Crippen molar-refractivity contribution < 1.29 is 9.59 Å². The number of nitrogens with one attached hydrogen (secondary N) is 2. The number of benzene rings is 1. The van der Waals surface area contributed by atoms with Crippen LogP contribution in [0.5, 0.6) is 0 Å². The fourth-order valence-electron chi connectivity index (χ4n) is 4.07. The number of aromatic nitrogens is 1. The number of carbonyl (C=O) groups excluding carboxylic acids is 2. The molecule has 1 saturated heterocycles. The number of fused-ring (bicyclic) bond motifs is 1. The van der Waals surface area contributed by atoms with Gasteiger partial charge in [0.25, 0.3) is 0 Å². The summed E-state index contributed by atoms with van der Waals surface area (Å²) in [5.74, 6) is 0.0599. The predicted molar refractivity (Wildman–Crippen MR) is 110 cm³/mol. The van der Waals surface area contributed by atoms with Crippen molar-refractivity contribution in [3.8, 4) is 0 Å². The van der Waals surface area contributed by atoms with Gasteiger partial charge >= 0.3 is 6.03 Å². The zero-order valence-electron chi connectivity index (χ0n) is 16.5. The average Bonchev–Trinajstić information content (AvgIpc) is 2.79. The number of amides is 3. The zero-order chi connectivity index (χ0) is 20.1. The van der Waals surface area contributed by atoms with Crippen LogP contribution >= 0.6 is 0 Å². The Morgan fingerprint density at radius 2 is 2.00 bits per heavy atom. The van der Waals surface area contributed by atoms with E-state index in [-0.39, 0.29) is 18.0 Å². The Labute approximate surface area is 171 Å². The molecule has 2 aliphatic rings. The van der Waals surface area contributed by atoms with Crippen molar-refractivity contribution in [2.45, 2.75) is 25.4 Å². The summed E-state index contributed by atoms with van der Waals surface area (Å²) in [5.41, 5.74) is 3.54. The fraction of sp³-hybridized carbons (Fsp3) is 0.409. The number of urea groups is 1. The second-order valence-electron chi connectivity index (χ2n) is 7.52. The van der Waals surface area contributed by atoms with Crippen LogP contribution in [0.1, 0.15) is 29.2 Å². The quantitative estimate of drug-likeness (QED) is 0.829. The van der Waals surface area contributed by atoms with Crippen molar-refractivity contribution in [2.24, 2.45) is 0 Å². The highest BCUT2D eigenvalue weighted by Crippen LogP contribution is 2.22. The maximum Gasteiger partial charge on any atom is 0.317 e. The van der Waals surface area contributed by atoms with Gasteiger partial charge in [0.1, 0.15) is 0 Å². The second kappa shape index (κ2) is 9.05. The maximum absolute atomic E-state index is 12.8. The van der Waals surface area contributed by atoms with E-state index < -0.39 is 0 Å². The van der Waals surface area contributed by atoms with E-state index >= 15 is 0 Å². The summed E-state index contributed by atoms with van der Waals surface area (Å²) in [7, 11) is 0. The molecule has 1 unspecified atom stereocenters. The topological polar surface area (TPSA) is 77.6 Å². The van der Waals surface area contributed by atoms with Crippen molar-refractivity contribution in [3.63, 3.8) is 0 Å². The number of nitrogens with zero attached hydrogens (tertiary/aromatic N) is 3. The van der Waals surface area contributed by atoms with Gasteiger partial charge in [-0.1, -0.05) is 30.3 Å². The first-order valence-electron chi connectivity index (χ1n) is 10.2. The fourth-order valence-corrected chi connectivity index (χ4v) is 4.07. The number of piperazine rings is 1. The normalized spacial score (nSPS) is 18.8. The third-order valence-corrected chi connectivity index (χ3v) is 5.67. The summed E-state index contributed by atoms with van der Waals surface area (Å²) in [6, 6.07) is 12.0. The Balaban J connectivity index is 1.29. The molecular formula is C22H27N5O2. The number of hydrogen-bond acceptors (Lipinski definition) is 4. The lowest BCUT2D eigenvalue weighted by Gasteiger charge is -2.36. The largest absolute Gasteiger partial charge is 0.337 e. The lowest BCUT2D eigenvalue weighted by atomic mass is 10.0. The minimum absolute atomic E-state index is 0.0146. The third-order valence-electron chi connectivity index (χ3n) is 5.67. The van der Waals surface area contributed by atoms with E-state index in [4.69, 9.17) is 0 Å². The monoisotopic (exact) mass is 393 g/mol. The molecule has 7 heteroatoms. The van der Waals surface area contributed by atoms with Crippen molar-refractivity contribution in [1.82, 2.24) is 25.4 Å². The molecule has 1 atom stereocenters. The summed E-state index contributed by atoms with van der Waals surface area (Å²) in [5, 5.41) is 6.26. The van der Waals surface area contributed by atoms with E-state index in [1.165, 1.54) is 11.1 Å². The first-order chi connectivity index (χ1) is 14.2. The van der Waals surface area contributed by atoms with Crippen LogP contribution in [0.15, 0.2) is 48.8 Å². The highest BCUT2D eigenvalue weighted by Gasteiger charge is 2.28. The summed E-state index contributed by atoms with van der Waals surface area (Å²) in [6.07, 6.45) is 4.72. The zero-order valence-corrected chi connectivity index (χ0v) is 16.5. The molecule has 2 N–H and O–H groups in total. The molecule has 3 amide bonds. The Kier molecular flexibility index (Phi) is 6.05. The molecule has 7 nitrogen and oxygen atoms in total. The van der Waals surface area contributed by atoms with Crippen LogP contribution in [0.3, 0.4) is 0 Å². The molecule has 2 aromatic rings. The molecule has 1 aromatic carbocycles. The molecule has 0 spiro atoms. The molecule has 4 rings (SSSR count). The maximum atomic E-state index is 12.8. The van der Waals surface area contributed by atoms with Crippen molar-refractivity contribution in [3.05, 3.63) is 65.5 Å². The predicted octanol–water partition coefficient (Wildman–Crippen LogP) is 1.71. The molecule has 0 saturated carbocycles. The standard InChI is InChI=1S/C22H27N5O2/c28-21(27-13-11-24-15-20(27)18-6-3-9-23-14-18)7-10-25-22(29)26-12-8-17-4-1-2-5-19(17)16-26/h1-6,9,14,20,24H,7-8,10-13,15-16H2,(H,25,29). The number of pyridine rings is 1. The van der Waals surface area contributed by atoms with Gasteiger partial charge < -0.3 is 20.4 Å². The summed E-state index contributed by atoms with van der Waals surface area (Å²) >= 11 is 0. The van der Waals surface area contributed by atoms with Crippen molar-refractivity contribution in [2.75, 3.05) is 32.7 Å². The lowest BCUT2D eigenvalue weighted by molar-refractivity contribution is -0.134. The first-order valence-corrected chi connectivity index (χ1v) is 10.2. The van der Waals surface area contributed by atoms with Crippen molar-refractivity contribution >= 4 is 11.9 Å². The van der Waals surface area contributed by atoms with Gasteiger partial charge in [-0.15, -0.1) is 0 Å². The summed E-state index contributed by atoms with van der Waals surface area (Å²) in [6.45, 7) is 3.84. The Morgan fingerprint density at radius 1 is 1.14 bits per heavy atom. The van der Waals surface area contributed by atoms with Gasteiger partial charge in [-0.3, -0.25) is 9.78 Å². The van der Waals surface area contributed by atoms with Crippen LogP contribution in [-0.4, -0.2) is 59.4 Å². The number of carbonyl (C=O) groups is 2. The van der Waals surface area contributed by atoms with E-state index in [1.807, 2.05) is 40.3 Å². The second-order valence-corrected chi connectivity index (χ2v) is 7.52. The van der Waals surface area contributed by atoms with Gasteiger partial charge in [0.15, 0.2) is 0 Å². The van der Waals surface area contributed by atoms with Crippen LogP contribution < -0.4 is 10.6 Å². The molecule has 0 aliphatic carbocycles. The third kappa shape index (κ3) is 4.56. The molecule has 0 radical (unpaired) electrons. The highest BCUT2D eigenvalue weighted by molar-refractivity contribution is 5.79. The first kappa shape index (κ1) is 19.4. The van der Waals surface area contributed by atoms with Crippen LogP contribution in [0, 0.1) is 0 Å². The average molecular weight is 393 g/mol. The molecule has 3 heterocycles. The van der Waals surface area contributed by atoms with Gasteiger partial charge in [-0.25, -0.2) is 4.79 Å². The lowest BCUT2D eigenvalue weighted by Crippen LogP contribution is -2.49. The highest BCUT2D eigenvalue weighted by atomic mass is 16.2. The van der Waals surface area contributed by atoms with E-state index in [1.54, 1.807) is 6.20 Å². The van der Waals surface area contributed by atoms with Crippen LogP contribution in [-0.2, 0) is 17.8 Å². The molecule has 1 fully saturated rings. The minimum atomic E-state index is -0.101. The van der Waals surface area contributed by atoms with Crippen LogP contribution in [0.2, 0.25) is 0 Å². The minimum Gasteiger partial charge on any atom is -0.337 e. The Morgan fingerprint density at radius 3 is 2.83 bits per heavy atom. The molecule has 2 aliphatic heterocycles. The molecular weight excluding hydrogens is 366 g/mol. The van der Waals surface area contributed by atoms with Gasteiger partial charge in [0.2, 0.25) is 5.91 Å². The molecule has 29 heavy (non-hydrogen) atoms.